The summed E-state index contributed by atoms with van der Waals surface area (Å²) in [5, 5.41) is 43.1. The predicted octanol–water partition coefficient (Wildman–Crippen LogP) is 7.16. The molecule has 1 N–H and O–H groups in total. The van der Waals surface area contributed by atoms with Crippen molar-refractivity contribution in [2.24, 2.45) is 16.1 Å². The molecule has 10 heteroatoms. The fraction of sp³-hybridized carbons (Fsp3) is 0.692. The number of aromatic nitrogens is 6. The standard InChI is InChI=1S/C26H40N9O/c1-9-10-11-12-13-14-17(2)15-26(7,8)21-19(16-27)23(35(36)33-21)30-29-20-22(25(4,5)6)32-34-24(20)28-18(3)31-34/h17,32H,9-15H2,1-8H3/q-1. The Morgan fingerprint density at radius 2 is 1.78 bits per heavy atom. The molecule has 3 aromatic heterocycles. The van der Waals surface area contributed by atoms with Crippen LogP contribution in [0.5, 0.6) is 0 Å². The Morgan fingerprint density at radius 3 is 2.42 bits per heavy atom. The lowest BCUT2D eigenvalue weighted by atomic mass is 9.78. The number of aryl methyl sites for hydroxylation is 1. The Hall–Kier alpha value is -3.22. The summed E-state index contributed by atoms with van der Waals surface area (Å²) >= 11 is 0. The van der Waals surface area contributed by atoms with E-state index in [4.69, 9.17) is 0 Å². The Bertz CT molecular complexity index is 1250. The van der Waals surface area contributed by atoms with E-state index < -0.39 is 5.41 Å². The van der Waals surface area contributed by atoms with Gasteiger partial charge in [0.05, 0.1) is 11.4 Å². The van der Waals surface area contributed by atoms with E-state index in [0.717, 1.165) is 18.5 Å². The van der Waals surface area contributed by atoms with Crippen LogP contribution in [0.4, 0.5) is 11.5 Å². The largest absolute Gasteiger partial charge is 0.789 e. The highest BCUT2D eigenvalue weighted by Gasteiger charge is 2.32. The molecule has 0 bridgehead atoms. The summed E-state index contributed by atoms with van der Waals surface area (Å²) < 4.78 is 1.56. The first-order valence-electron chi connectivity index (χ1n) is 13.0. The van der Waals surface area contributed by atoms with Crippen LogP contribution < -0.4 is 0 Å². The maximum absolute atomic E-state index is 12.8. The van der Waals surface area contributed by atoms with Crippen molar-refractivity contribution in [3.8, 4) is 6.07 Å². The summed E-state index contributed by atoms with van der Waals surface area (Å²) in [5.74, 6) is 0.949. The highest BCUT2D eigenvalue weighted by Crippen LogP contribution is 2.39. The van der Waals surface area contributed by atoms with E-state index in [1.807, 2.05) is 34.6 Å². The van der Waals surface area contributed by atoms with Crippen LogP contribution in [0.2, 0.25) is 0 Å². The number of fused-ring (bicyclic) bond motifs is 1. The molecule has 0 amide bonds. The lowest BCUT2D eigenvalue weighted by molar-refractivity contribution is 0.345. The van der Waals surface area contributed by atoms with Crippen molar-refractivity contribution in [3.63, 3.8) is 0 Å². The Balaban J connectivity index is 1.88. The number of hydrogen-bond acceptors (Lipinski definition) is 7. The molecule has 3 heterocycles. The third kappa shape index (κ3) is 5.94. The molecule has 0 fully saturated rings. The highest BCUT2D eigenvalue weighted by atomic mass is 16.5. The first kappa shape index (κ1) is 27.4. The van der Waals surface area contributed by atoms with Gasteiger partial charge in [-0.25, -0.2) is 4.98 Å². The second-order valence-electron chi connectivity index (χ2n) is 11.6. The highest BCUT2D eigenvalue weighted by molar-refractivity contribution is 5.68. The van der Waals surface area contributed by atoms with E-state index in [2.05, 4.69) is 50.4 Å². The van der Waals surface area contributed by atoms with E-state index in [0.29, 0.717) is 33.6 Å². The molecule has 1 unspecified atom stereocenters. The minimum absolute atomic E-state index is 0.0942. The number of hydrogen-bond donors (Lipinski definition) is 1. The SMILES string of the molecule is CCCCCCCC(C)CC(C)(C)c1nn([O-])c(N=Nc2c(C(C)(C)C)[nH]n3nc(C)nc23)c1C#N. The fourth-order valence-corrected chi connectivity index (χ4v) is 4.85. The molecule has 196 valence electrons. The van der Waals surface area contributed by atoms with Crippen LogP contribution >= 0.6 is 0 Å². The van der Waals surface area contributed by atoms with Crippen LogP contribution in [0, 0.1) is 29.4 Å². The summed E-state index contributed by atoms with van der Waals surface area (Å²) in [5.41, 5.74) is 1.70. The average Bonchev–Trinajstić information content (AvgIpc) is 3.41. The summed E-state index contributed by atoms with van der Waals surface area (Å²) in [6, 6.07) is 2.17. The number of aromatic amines is 1. The molecule has 3 aromatic rings. The summed E-state index contributed by atoms with van der Waals surface area (Å²) in [4.78, 5) is 4.86. The summed E-state index contributed by atoms with van der Waals surface area (Å²) in [6.45, 7) is 16.4. The van der Waals surface area contributed by atoms with Gasteiger partial charge in [0.15, 0.2) is 11.5 Å². The van der Waals surface area contributed by atoms with Crippen LogP contribution in [0.1, 0.15) is 116 Å². The quantitative estimate of drug-likeness (QED) is 0.223. The second kappa shape index (κ2) is 10.8. The molecule has 0 aliphatic heterocycles. The zero-order valence-electron chi connectivity index (χ0n) is 23.0. The van der Waals surface area contributed by atoms with Crippen LogP contribution in [0.3, 0.4) is 0 Å². The van der Waals surface area contributed by atoms with Gasteiger partial charge in [0.1, 0.15) is 17.5 Å². The predicted molar refractivity (Wildman–Crippen MR) is 141 cm³/mol. The second-order valence-corrected chi connectivity index (χ2v) is 11.6. The van der Waals surface area contributed by atoms with Crippen molar-refractivity contribution in [2.75, 3.05) is 0 Å². The van der Waals surface area contributed by atoms with Gasteiger partial charge in [0.25, 0.3) is 0 Å². The van der Waals surface area contributed by atoms with Gasteiger partial charge < -0.3 is 5.21 Å². The Kier molecular flexibility index (Phi) is 8.22. The van der Waals surface area contributed by atoms with Crippen molar-refractivity contribution in [1.29, 1.82) is 5.26 Å². The van der Waals surface area contributed by atoms with Gasteiger partial charge in [-0.2, -0.15) is 15.0 Å². The lowest BCUT2D eigenvalue weighted by Crippen LogP contribution is -2.22. The van der Waals surface area contributed by atoms with E-state index >= 15 is 0 Å². The number of H-pyrrole nitrogens is 1. The first-order chi connectivity index (χ1) is 16.9. The third-order valence-electron chi connectivity index (χ3n) is 6.62. The van der Waals surface area contributed by atoms with E-state index in [1.54, 1.807) is 11.6 Å². The number of unbranched alkanes of at least 4 members (excludes halogenated alkanes) is 4. The van der Waals surface area contributed by atoms with E-state index in [1.165, 1.54) is 32.1 Å². The molecular weight excluding hydrogens is 454 g/mol. The molecule has 3 rings (SSSR count). The van der Waals surface area contributed by atoms with Gasteiger partial charge in [-0.3, -0.25) is 9.94 Å². The molecular formula is C26H40N9O-. The maximum atomic E-state index is 12.8. The normalized spacial score (nSPS) is 13.6. The molecule has 1 atom stereocenters. The van der Waals surface area contributed by atoms with Gasteiger partial charge in [0, 0.05) is 10.8 Å². The minimum atomic E-state index is -0.449. The molecule has 0 radical (unpaired) electrons. The van der Waals surface area contributed by atoms with E-state index in [-0.39, 0.29) is 16.8 Å². The fourth-order valence-electron chi connectivity index (χ4n) is 4.85. The van der Waals surface area contributed by atoms with Gasteiger partial charge in [0.2, 0.25) is 5.65 Å². The molecule has 0 spiro atoms. The number of nitrogens with one attached hydrogen (secondary N) is 1. The molecule has 0 saturated carbocycles. The summed E-state index contributed by atoms with van der Waals surface area (Å²) in [6.07, 6.45) is 8.19. The van der Waals surface area contributed by atoms with Crippen molar-refractivity contribution in [1.82, 2.24) is 29.8 Å². The van der Waals surface area contributed by atoms with Gasteiger partial charge >= 0.3 is 0 Å². The number of azo groups is 1. The number of nitrogens with zero attached hydrogens (tertiary/aromatic N) is 8. The minimum Gasteiger partial charge on any atom is -0.789 e. The third-order valence-corrected chi connectivity index (χ3v) is 6.62. The average molecular weight is 495 g/mol. The van der Waals surface area contributed by atoms with Crippen LogP contribution in [-0.4, -0.2) is 29.8 Å². The number of nitriles is 1. The Morgan fingerprint density at radius 1 is 1.08 bits per heavy atom. The van der Waals surface area contributed by atoms with Crippen molar-refractivity contribution >= 4 is 17.2 Å². The zero-order valence-corrected chi connectivity index (χ0v) is 23.0. The Labute approximate surface area is 213 Å². The van der Waals surface area contributed by atoms with Gasteiger partial charge in [-0.15, -0.1) is 15.3 Å². The molecule has 10 nitrogen and oxygen atoms in total. The molecule has 0 saturated heterocycles. The topological polar surface area (TPSA) is 135 Å². The van der Waals surface area contributed by atoms with E-state index in [9.17, 15) is 10.5 Å². The van der Waals surface area contributed by atoms with Crippen molar-refractivity contribution in [2.45, 2.75) is 111 Å². The van der Waals surface area contributed by atoms with Crippen LogP contribution in [0.15, 0.2) is 10.2 Å². The van der Waals surface area contributed by atoms with Crippen LogP contribution in [0.25, 0.3) is 5.65 Å². The summed E-state index contributed by atoms with van der Waals surface area (Å²) in [7, 11) is 0. The zero-order chi connectivity index (χ0) is 26.7. The molecule has 0 aliphatic carbocycles. The molecule has 0 aromatic carbocycles. The first-order valence-corrected chi connectivity index (χ1v) is 13.0. The van der Waals surface area contributed by atoms with Crippen molar-refractivity contribution < 1.29 is 0 Å². The monoisotopic (exact) mass is 494 g/mol. The lowest BCUT2D eigenvalue weighted by Gasteiger charge is -2.27. The van der Waals surface area contributed by atoms with Gasteiger partial charge in [-0.05, 0) is 19.3 Å². The molecule has 36 heavy (non-hydrogen) atoms. The van der Waals surface area contributed by atoms with Crippen molar-refractivity contribution in [3.05, 3.63) is 28.0 Å². The number of rotatable bonds is 11. The van der Waals surface area contributed by atoms with Crippen LogP contribution in [-0.2, 0) is 10.8 Å². The molecule has 0 aliphatic rings. The van der Waals surface area contributed by atoms with Gasteiger partial charge in [-0.1, -0.05) is 87.0 Å². The maximum Gasteiger partial charge on any atom is 0.203 e. The smallest absolute Gasteiger partial charge is 0.203 e.